The van der Waals surface area contributed by atoms with Crippen molar-refractivity contribution >= 4 is 11.9 Å². The molecule has 1 amide bonds. The lowest BCUT2D eigenvalue weighted by atomic mass is 9.84. The van der Waals surface area contributed by atoms with E-state index in [-0.39, 0.29) is 25.2 Å². The Kier molecular flexibility index (Phi) is 7.84. The highest BCUT2D eigenvalue weighted by Gasteiger charge is 2.23. The highest BCUT2D eigenvalue weighted by Crippen LogP contribution is 2.31. The fourth-order valence-corrected chi connectivity index (χ4v) is 3.46. The zero-order valence-electron chi connectivity index (χ0n) is 14.4. The predicted octanol–water partition coefficient (Wildman–Crippen LogP) is 2.82. The number of aliphatic carboxylic acids is 1. The Hall–Kier alpha value is -1.96. The van der Waals surface area contributed by atoms with Crippen LogP contribution >= 0.6 is 0 Å². The van der Waals surface area contributed by atoms with E-state index in [9.17, 15) is 9.59 Å². The van der Waals surface area contributed by atoms with Gasteiger partial charge >= 0.3 is 5.97 Å². The van der Waals surface area contributed by atoms with E-state index in [1.165, 1.54) is 32.1 Å². The van der Waals surface area contributed by atoms with Crippen LogP contribution in [0.3, 0.4) is 0 Å². The van der Waals surface area contributed by atoms with Gasteiger partial charge in [0.1, 0.15) is 0 Å². The molecule has 25 heavy (non-hydrogen) atoms. The van der Waals surface area contributed by atoms with Gasteiger partial charge in [-0.15, -0.1) is 0 Å². The van der Waals surface area contributed by atoms with Crippen molar-refractivity contribution in [3.63, 3.8) is 0 Å². The van der Waals surface area contributed by atoms with Gasteiger partial charge in [-0.2, -0.15) is 4.98 Å². The van der Waals surface area contributed by atoms with Crippen LogP contribution in [0.5, 0.6) is 0 Å². The first-order chi connectivity index (χ1) is 12.1. The third-order valence-electron chi connectivity index (χ3n) is 4.84. The summed E-state index contributed by atoms with van der Waals surface area (Å²) in [5.41, 5.74) is 1.65. The van der Waals surface area contributed by atoms with Crippen molar-refractivity contribution in [2.45, 2.75) is 76.5 Å². The smallest absolute Gasteiger partial charge is 0.303 e. The standard InChI is InChI=1S/C17H27N3O5/c21-15(19-24)11-13(8-4-7-12-5-2-1-3-6-12)17-18-14(20-25-17)9-10-16(22)23/h12-13,24H,1-11H2,(H,19,21)(H,22,23)/t13-/m1/s1. The monoisotopic (exact) mass is 353 g/mol. The average Bonchev–Trinajstić information content (AvgIpc) is 3.08. The third kappa shape index (κ3) is 6.81. The number of carboxylic acid groups (broad SMARTS) is 1. The number of nitrogens with one attached hydrogen (secondary N) is 1. The van der Waals surface area contributed by atoms with Gasteiger partial charge in [-0.1, -0.05) is 50.1 Å². The van der Waals surface area contributed by atoms with E-state index in [1.807, 2.05) is 0 Å². The first-order valence-corrected chi connectivity index (χ1v) is 9.05. The molecular weight excluding hydrogens is 326 g/mol. The van der Waals surface area contributed by atoms with E-state index in [2.05, 4.69) is 10.1 Å². The van der Waals surface area contributed by atoms with Crippen molar-refractivity contribution in [2.75, 3.05) is 0 Å². The highest BCUT2D eigenvalue weighted by molar-refractivity contribution is 5.75. The minimum atomic E-state index is -0.921. The molecule has 0 saturated heterocycles. The molecule has 2 rings (SSSR count). The topological polar surface area (TPSA) is 126 Å². The highest BCUT2D eigenvalue weighted by atomic mass is 16.5. The fraction of sp³-hybridized carbons (Fsp3) is 0.765. The summed E-state index contributed by atoms with van der Waals surface area (Å²) in [4.78, 5) is 26.4. The van der Waals surface area contributed by atoms with Crippen LogP contribution in [0.1, 0.15) is 81.8 Å². The second-order valence-electron chi connectivity index (χ2n) is 6.81. The summed E-state index contributed by atoms with van der Waals surface area (Å²) in [6.45, 7) is 0. The second kappa shape index (κ2) is 10.1. The molecule has 0 aromatic carbocycles. The summed E-state index contributed by atoms with van der Waals surface area (Å²) in [6, 6.07) is 0. The normalized spacial score (nSPS) is 16.5. The first-order valence-electron chi connectivity index (χ1n) is 9.05. The number of carbonyl (C=O) groups excluding carboxylic acids is 1. The number of hydrogen-bond acceptors (Lipinski definition) is 6. The molecule has 0 spiro atoms. The van der Waals surface area contributed by atoms with Crippen molar-refractivity contribution in [1.82, 2.24) is 15.6 Å². The molecule has 1 fully saturated rings. The molecule has 0 bridgehead atoms. The van der Waals surface area contributed by atoms with Gasteiger partial charge < -0.3 is 9.63 Å². The Morgan fingerprint density at radius 1 is 1.28 bits per heavy atom. The molecule has 1 atom stereocenters. The number of rotatable bonds is 10. The number of nitrogens with zero attached hydrogens (tertiary/aromatic N) is 2. The first kappa shape index (κ1) is 19.4. The molecular formula is C17H27N3O5. The van der Waals surface area contributed by atoms with Crippen LogP contribution in [-0.4, -0.2) is 32.3 Å². The van der Waals surface area contributed by atoms with Gasteiger partial charge in [0.05, 0.1) is 6.42 Å². The molecule has 0 unspecified atom stereocenters. The Morgan fingerprint density at radius 2 is 2.04 bits per heavy atom. The van der Waals surface area contributed by atoms with Crippen molar-refractivity contribution in [3.8, 4) is 0 Å². The van der Waals surface area contributed by atoms with Crippen molar-refractivity contribution in [3.05, 3.63) is 11.7 Å². The van der Waals surface area contributed by atoms with Gasteiger partial charge in [-0.25, -0.2) is 5.48 Å². The number of amides is 1. The predicted molar refractivity (Wildman–Crippen MR) is 88.0 cm³/mol. The van der Waals surface area contributed by atoms with Crippen LogP contribution in [0.15, 0.2) is 4.52 Å². The van der Waals surface area contributed by atoms with Crippen molar-refractivity contribution < 1.29 is 24.4 Å². The maximum atomic E-state index is 11.6. The van der Waals surface area contributed by atoms with E-state index in [1.54, 1.807) is 5.48 Å². The molecule has 0 aliphatic heterocycles. The fourth-order valence-electron chi connectivity index (χ4n) is 3.46. The van der Waals surface area contributed by atoms with Gasteiger partial charge in [0.2, 0.25) is 11.8 Å². The number of hydroxylamine groups is 1. The summed E-state index contributed by atoms with van der Waals surface area (Å²) < 4.78 is 5.23. The second-order valence-corrected chi connectivity index (χ2v) is 6.81. The lowest BCUT2D eigenvalue weighted by Crippen LogP contribution is -2.21. The largest absolute Gasteiger partial charge is 0.481 e. The SMILES string of the molecule is O=C(O)CCc1noc([C@H](CCCC2CCCCC2)CC(=O)NO)n1. The van der Waals surface area contributed by atoms with E-state index >= 15 is 0 Å². The molecule has 8 heteroatoms. The summed E-state index contributed by atoms with van der Waals surface area (Å²) in [5.74, 6) is -0.244. The lowest BCUT2D eigenvalue weighted by Gasteiger charge is -2.22. The molecule has 1 aromatic heterocycles. The molecule has 3 N–H and O–H groups in total. The quantitative estimate of drug-likeness (QED) is 0.436. The number of aryl methyl sites for hydroxylation is 1. The van der Waals surface area contributed by atoms with Crippen LogP contribution in [0.25, 0.3) is 0 Å². The molecule has 1 saturated carbocycles. The van der Waals surface area contributed by atoms with Crippen LogP contribution in [0, 0.1) is 5.92 Å². The molecule has 0 radical (unpaired) electrons. The summed E-state index contributed by atoms with van der Waals surface area (Å²) in [5, 5.41) is 21.3. The van der Waals surface area contributed by atoms with Gasteiger partial charge in [-0.3, -0.25) is 14.8 Å². The molecule has 8 nitrogen and oxygen atoms in total. The number of carboxylic acids is 1. The van der Waals surface area contributed by atoms with E-state index in [4.69, 9.17) is 14.8 Å². The molecule has 1 aliphatic carbocycles. The Labute approximate surface area is 147 Å². The molecule has 1 aromatic rings. The zero-order chi connectivity index (χ0) is 18.1. The van der Waals surface area contributed by atoms with Crippen molar-refractivity contribution in [2.24, 2.45) is 5.92 Å². The number of hydrogen-bond donors (Lipinski definition) is 3. The Balaban J connectivity index is 1.90. The van der Waals surface area contributed by atoms with Gasteiger partial charge in [0.25, 0.3) is 0 Å². The number of aromatic nitrogens is 2. The minimum absolute atomic E-state index is 0.0670. The van der Waals surface area contributed by atoms with E-state index in [0.29, 0.717) is 11.7 Å². The van der Waals surface area contributed by atoms with Crippen LogP contribution in [0.4, 0.5) is 0 Å². The molecule has 1 heterocycles. The summed E-state index contributed by atoms with van der Waals surface area (Å²) in [7, 11) is 0. The van der Waals surface area contributed by atoms with Gasteiger partial charge in [0.15, 0.2) is 5.82 Å². The summed E-state index contributed by atoms with van der Waals surface area (Å²) in [6.07, 6.45) is 9.50. The lowest BCUT2D eigenvalue weighted by molar-refractivity contribution is -0.137. The van der Waals surface area contributed by atoms with Crippen molar-refractivity contribution in [1.29, 1.82) is 0 Å². The van der Waals surface area contributed by atoms with Gasteiger partial charge in [-0.05, 0) is 12.3 Å². The van der Waals surface area contributed by atoms with E-state index < -0.39 is 11.9 Å². The zero-order valence-corrected chi connectivity index (χ0v) is 14.4. The Morgan fingerprint density at radius 3 is 2.72 bits per heavy atom. The minimum Gasteiger partial charge on any atom is -0.481 e. The third-order valence-corrected chi connectivity index (χ3v) is 4.84. The average molecular weight is 353 g/mol. The van der Waals surface area contributed by atoms with Crippen LogP contribution in [-0.2, 0) is 16.0 Å². The molecule has 140 valence electrons. The maximum absolute atomic E-state index is 11.6. The van der Waals surface area contributed by atoms with Crippen LogP contribution in [0.2, 0.25) is 0 Å². The van der Waals surface area contributed by atoms with E-state index in [0.717, 1.165) is 25.2 Å². The Bertz CT molecular complexity index is 554. The summed E-state index contributed by atoms with van der Waals surface area (Å²) >= 11 is 0. The maximum Gasteiger partial charge on any atom is 0.303 e. The number of carbonyl (C=O) groups is 2. The van der Waals surface area contributed by atoms with Crippen LogP contribution < -0.4 is 5.48 Å². The van der Waals surface area contributed by atoms with Gasteiger partial charge in [0, 0.05) is 18.8 Å². The molecule has 1 aliphatic rings.